The van der Waals surface area contributed by atoms with Crippen LogP contribution in [0.1, 0.15) is 44.9 Å². The molecule has 2 aromatic heterocycles. The van der Waals surface area contributed by atoms with Crippen LogP contribution in [-0.2, 0) is 5.41 Å². The third kappa shape index (κ3) is 3.99. The highest BCUT2D eigenvalue weighted by molar-refractivity contribution is 8.21. The molecule has 0 spiro atoms. The molecule has 7 heteroatoms. The van der Waals surface area contributed by atoms with Gasteiger partial charge in [0.25, 0.3) is 0 Å². The second kappa shape index (κ2) is 7.78. The number of anilines is 1. The van der Waals surface area contributed by atoms with Gasteiger partial charge in [-0.2, -0.15) is 0 Å². The zero-order chi connectivity index (χ0) is 18.6. The highest BCUT2D eigenvalue weighted by Gasteiger charge is 2.26. The Morgan fingerprint density at radius 3 is 2.69 bits per heavy atom. The van der Waals surface area contributed by atoms with E-state index in [1.165, 1.54) is 0 Å². The van der Waals surface area contributed by atoms with Crippen molar-refractivity contribution in [2.45, 2.75) is 39.0 Å². The second-order valence-corrected chi connectivity index (χ2v) is 8.05. The Morgan fingerprint density at radius 2 is 2.00 bits per heavy atom. The number of allylic oxidation sites excluding steroid dienone is 2. The van der Waals surface area contributed by atoms with Gasteiger partial charge in [-0.15, -0.1) is 11.1 Å². The fraction of sp³-hybridized carbons (Fsp3) is 0.316. The molecule has 0 radical (unpaired) electrons. The van der Waals surface area contributed by atoms with Crippen LogP contribution in [0.3, 0.4) is 0 Å². The summed E-state index contributed by atoms with van der Waals surface area (Å²) in [6.07, 6.45) is 7.45. The molecule has 0 aromatic carbocycles. The van der Waals surface area contributed by atoms with Crippen LogP contribution in [0.15, 0.2) is 52.0 Å². The van der Waals surface area contributed by atoms with E-state index in [0.29, 0.717) is 5.88 Å². The van der Waals surface area contributed by atoms with Gasteiger partial charge in [-0.3, -0.25) is 15.0 Å². The second-order valence-electron chi connectivity index (χ2n) is 6.45. The van der Waals surface area contributed by atoms with Gasteiger partial charge in [0, 0.05) is 23.9 Å². The average molecular weight is 372 g/mol. The van der Waals surface area contributed by atoms with Crippen molar-refractivity contribution in [1.29, 1.82) is 0 Å². The van der Waals surface area contributed by atoms with Gasteiger partial charge in [-0.05, 0) is 53.0 Å². The normalized spacial score (nSPS) is 17.8. The van der Waals surface area contributed by atoms with E-state index in [0.717, 1.165) is 29.7 Å². The van der Waals surface area contributed by atoms with Gasteiger partial charge < -0.3 is 4.52 Å². The standard InChI is InChI=1S/C19H24N4O2S/c1-4-19(3,5-2)16-12-17(25-22-16)21-18(24)23-26-11-8-15(13-26)14-6-9-20-10-7-14/h6-13,26H,4-5H2,1-3H3,(H2,21,23,24). The van der Waals surface area contributed by atoms with Crippen LogP contribution in [0.4, 0.5) is 10.7 Å². The number of nitrogens with zero attached hydrogens (tertiary/aromatic N) is 2. The number of pyridine rings is 1. The average Bonchev–Trinajstić information content (AvgIpc) is 3.32. The van der Waals surface area contributed by atoms with Gasteiger partial charge in [0.05, 0.1) is 5.69 Å². The van der Waals surface area contributed by atoms with E-state index < -0.39 is 11.1 Å². The first kappa shape index (κ1) is 18.3. The van der Waals surface area contributed by atoms with Crippen molar-refractivity contribution in [2.24, 2.45) is 0 Å². The summed E-state index contributed by atoms with van der Waals surface area (Å²) in [4.78, 5) is 16.3. The number of urea groups is 1. The van der Waals surface area contributed by atoms with Crippen molar-refractivity contribution in [1.82, 2.24) is 14.9 Å². The smallest absolute Gasteiger partial charge is 0.330 e. The lowest BCUT2D eigenvalue weighted by atomic mass is 9.81. The lowest BCUT2D eigenvalue weighted by Gasteiger charge is -2.22. The molecule has 3 rings (SSSR count). The maximum absolute atomic E-state index is 12.2. The quantitative estimate of drug-likeness (QED) is 0.639. The summed E-state index contributed by atoms with van der Waals surface area (Å²) in [6, 6.07) is 5.40. The van der Waals surface area contributed by atoms with Crippen molar-refractivity contribution in [3.8, 4) is 0 Å². The summed E-state index contributed by atoms with van der Waals surface area (Å²) < 4.78 is 8.24. The minimum Gasteiger partial charge on any atom is -0.338 e. The van der Waals surface area contributed by atoms with Crippen LogP contribution in [0, 0.1) is 0 Å². The Kier molecular flexibility index (Phi) is 5.46. The predicted octanol–water partition coefficient (Wildman–Crippen LogP) is 4.75. The molecule has 26 heavy (non-hydrogen) atoms. The molecule has 2 aromatic rings. The maximum Gasteiger partial charge on any atom is 0.330 e. The summed E-state index contributed by atoms with van der Waals surface area (Å²) in [6.45, 7) is 6.40. The summed E-state index contributed by atoms with van der Waals surface area (Å²) in [7, 11) is 0. The molecular formula is C19H24N4O2S. The van der Waals surface area contributed by atoms with Crippen LogP contribution in [0.5, 0.6) is 0 Å². The SMILES string of the molecule is CCC(C)(CC)c1cc(NC(=O)N[SH]2C=CC(c3ccncc3)=C2)on1. The highest BCUT2D eigenvalue weighted by atomic mass is 32.2. The molecule has 3 heterocycles. The number of amides is 2. The number of hydrogen-bond acceptors (Lipinski definition) is 4. The van der Waals surface area contributed by atoms with Crippen LogP contribution in [0.25, 0.3) is 5.57 Å². The fourth-order valence-electron chi connectivity index (χ4n) is 2.67. The van der Waals surface area contributed by atoms with Crippen molar-refractivity contribution < 1.29 is 9.32 Å². The molecule has 1 aliphatic heterocycles. The van der Waals surface area contributed by atoms with Gasteiger partial charge in [-0.25, -0.2) is 4.79 Å². The minimum atomic E-state index is -0.853. The Morgan fingerprint density at radius 1 is 1.27 bits per heavy atom. The lowest BCUT2D eigenvalue weighted by molar-refractivity contribution is 0.256. The van der Waals surface area contributed by atoms with Gasteiger partial charge in [0.1, 0.15) is 0 Å². The van der Waals surface area contributed by atoms with Crippen molar-refractivity contribution in [3.63, 3.8) is 0 Å². The molecule has 1 atom stereocenters. The summed E-state index contributed by atoms with van der Waals surface area (Å²) in [5.74, 6) is 0.363. The number of aromatic nitrogens is 2. The third-order valence-electron chi connectivity index (χ3n) is 4.86. The molecule has 0 saturated heterocycles. The number of nitrogens with one attached hydrogen (secondary N) is 2. The van der Waals surface area contributed by atoms with Gasteiger partial charge in [-0.1, -0.05) is 25.9 Å². The molecule has 0 aliphatic carbocycles. The molecule has 0 fully saturated rings. The van der Waals surface area contributed by atoms with E-state index >= 15 is 0 Å². The molecule has 2 amide bonds. The van der Waals surface area contributed by atoms with Crippen molar-refractivity contribution in [2.75, 3.05) is 5.32 Å². The summed E-state index contributed by atoms with van der Waals surface area (Å²) in [5.41, 5.74) is 2.99. The fourth-order valence-corrected chi connectivity index (χ4v) is 4.04. The van der Waals surface area contributed by atoms with Gasteiger partial charge >= 0.3 is 6.03 Å². The van der Waals surface area contributed by atoms with Crippen molar-refractivity contribution in [3.05, 3.63) is 58.7 Å². The maximum atomic E-state index is 12.2. The predicted molar refractivity (Wildman–Crippen MR) is 107 cm³/mol. The third-order valence-corrected chi connectivity index (χ3v) is 6.35. The van der Waals surface area contributed by atoms with Crippen LogP contribution in [-0.4, -0.2) is 16.2 Å². The van der Waals surface area contributed by atoms with Crippen LogP contribution >= 0.6 is 11.1 Å². The summed E-state index contributed by atoms with van der Waals surface area (Å²) in [5, 5.41) is 10.9. The van der Waals surface area contributed by atoms with E-state index in [-0.39, 0.29) is 11.4 Å². The minimum absolute atomic E-state index is 0.0413. The Bertz CT molecular complexity index is 825. The monoisotopic (exact) mass is 372 g/mol. The number of carbonyl (C=O) groups excluding carboxylic acids is 1. The van der Waals surface area contributed by atoms with Gasteiger partial charge in [0.15, 0.2) is 0 Å². The lowest BCUT2D eigenvalue weighted by Crippen LogP contribution is -2.24. The molecular weight excluding hydrogens is 348 g/mol. The van der Waals surface area contributed by atoms with E-state index in [1.54, 1.807) is 12.4 Å². The molecule has 138 valence electrons. The summed E-state index contributed by atoms with van der Waals surface area (Å²) >= 11 is -0.853. The largest absolute Gasteiger partial charge is 0.338 e. The first-order valence-corrected chi connectivity index (χ1v) is 10.2. The van der Waals surface area contributed by atoms with Crippen LogP contribution in [0.2, 0.25) is 0 Å². The number of thiol groups is 1. The Balaban J connectivity index is 1.60. The van der Waals surface area contributed by atoms with Crippen LogP contribution < -0.4 is 10.0 Å². The number of carbonyl (C=O) groups is 1. The van der Waals surface area contributed by atoms with Gasteiger partial charge in [0.2, 0.25) is 5.88 Å². The number of hydrogen-bond donors (Lipinski definition) is 3. The first-order valence-electron chi connectivity index (χ1n) is 8.67. The Hall–Kier alpha value is -2.54. The molecule has 2 N–H and O–H groups in total. The number of rotatable bonds is 6. The molecule has 1 unspecified atom stereocenters. The zero-order valence-corrected chi connectivity index (χ0v) is 16.1. The molecule has 0 bridgehead atoms. The highest BCUT2D eigenvalue weighted by Crippen LogP contribution is 2.37. The van der Waals surface area contributed by atoms with E-state index in [2.05, 4.69) is 46.4 Å². The Labute approximate surface area is 156 Å². The molecule has 6 nitrogen and oxygen atoms in total. The van der Waals surface area contributed by atoms with E-state index in [9.17, 15) is 4.79 Å². The van der Waals surface area contributed by atoms with E-state index in [4.69, 9.17) is 4.52 Å². The topological polar surface area (TPSA) is 80.0 Å². The zero-order valence-electron chi connectivity index (χ0n) is 15.2. The molecule has 1 aliphatic rings. The first-order chi connectivity index (χ1) is 12.5. The molecule has 0 saturated carbocycles. The van der Waals surface area contributed by atoms with E-state index in [1.807, 2.05) is 29.7 Å². The van der Waals surface area contributed by atoms with Crippen molar-refractivity contribution >= 4 is 28.6 Å².